The van der Waals surface area contributed by atoms with Crippen LogP contribution in [-0.2, 0) is 5.41 Å². The molecule has 0 radical (unpaired) electrons. The molecule has 0 aliphatic heterocycles. The van der Waals surface area contributed by atoms with Gasteiger partial charge in [0.05, 0.1) is 0 Å². The van der Waals surface area contributed by atoms with Crippen LogP contribution in [0, 0.1) is 17.0 Å². The second-order valence-electron chi connectivity index (χ2n) is 6.34. The van der Waals surface area contributed by atoms with Gasteiger partial charge in [-0.05, 0) is 42.7 Å². The van der Waals surface area contributed by atoms with Crippen molar-refractivity contribution in [1.82, 2.24) is 0 Å². The number of nitrogens with zero attached hydrogens (tertiary/aromatic N) is 1. The molecule has 0 fully saturated rings. The van der Waals surface area contributed by atoms with E-state index >= 15 is 0 Å². The molecule has 0 aliphatic carbocycles. The lowest BCUT2D eigenvalue weighted by Crippen LogP contribution is -2.25. The first-order valence-corrected chi connectivity index (χ1v) is 8.34. The number of benzene rings is 3. The standard InChI is InChI=1S/C21H20O.CH3NO2/c1-16-8-10-18(11-9-16)21(2,17-6-4-3-5-7-17)19-12-14-20(22)15-13-19;1-2(3)4/h3-15,22H,1-2H3;1H3. The molecule has 0 spiro atoms. The van der Waals surface area contributed by atoms with Gasteiger partial charge in [0, 0.05) is 10.3 Å². The molecular formula is C22H23NO3. The maximum atomic E-state index is 9.60. The van der Waals surface area contributed by atoms with Crippen LogP contribution in [0.25, 0.3) is 0 Å². The molecule has 3 rings (SSSR count). The Kier molecular flexibility index (Phi) is 6.12. The number of aromatic hydroxyl groups is 1. The number of rotatable bonds is 3. The lowest BCUT2D eigenvalue weighted by Gasteiger charge is -2.32. The number of phenolic OH excluding ortho intramolecular Hbond substituents is 1. The molecule has 0 heterocycles. The van der Waals surface area contributed by atoms with Crippen molar-refractivity contribution in [3.8, 4) is 5.75 Å². The van der Waals surface area contributed by atoms with Crippen molar-refractivity contribution in [2.45, 2.75) is 19.3 Å². The van der Waals surface area contributed by atoms with E-state index in [-0.39, 0.29) is 5.41 Å². The lowest BCUT2D eigenvalue weighted by molar-refractivity contribution is -0.445. The summed E-state index contributed by atoms with van der Waals surface area (Å²) in [4.78, 5) is 8.31. The van der Waals surface area contributed by atoms with E-state index in [1.54, 1.807) is 12.1 Å². The second kappa shape index (κ2) is 8.30. The van der Waals surface area contributed by atoms with Crippen LogP contribution in [0.1, 0.15) is 29.2 Å². The van der Waals surface area contributed by atoms with Crippen molar-refractivity contribution < 1.29 is 10.0 Å². The average molecular weight is 349 g/mol. The lowest BCUT2D eigenvalue weighted by atomic mass is 9.71. The molecule has 1 unspecified atom stereocenters. The monoisotopic (exact) mass is 349 g/mol. The Morgan fingerprint density at radius 3 is 1.65 bits per heavy atom. The molecule has 0 saturated heterocycles. The summed E-state index contributed by atoms with van der Waals surface area (Å²) in [6.07, 6.45) is 0. The van der Waals surface area contributed by atoms with Crippen molar-refractivity contribution in [1.29, 1.82) is 0 Å². The minimum absolute atomic E-state index is 0.247. The summed E-state index contributed by atoms with van der Waals surface area (Å²) >= 11 is 0. The second-order valence-corrected chi connectivity index (χ2v) is 6.34. The van der Waals surface area contributed by atoms with Crippen LogP contribution in [0.4, 0.5) is 0 Å². The van der Waals surface area contributed by atoms with Crippen LogP contribution in [0.3, 0.4) is 0 Å². The highest BCUT2D eigenvalue weighted by atomic mass is 16.6. The first-order valence-electron chi connectivity index (χ1n) is 8.34. The number of hydrogen-bond donors (Lipinski definition) is 1. The Hall–Kier alpha value is -3.14. The molecule has 3 aromatic rings. The fourth-order valence-electron chi connectivity index (χ4n) is 2.95. The van der Waals surface area contributed by atoms with Crippen molar-refractivity contribution in [2.75, 3.05) is 7.05 Å². The van der Waals surface area contributed by atoms with Gasteiger partial charge in [-0.3, -0.25) is 10.1 Å². The van der Waals surface area contributed by atoms with Crippen molar-refractivity contribution in [3.05, 3.63) is 111 Å². The molecule has 26 heavy (non-hydrogen) atoms. The van der Waals surface area contributed by atoms with Gasteiger partial charge in [0.1, 0.15) is 5.75 Å². The van der Waals surface area contributed by atoms with Gasteiger partial charge < -0.3 is 5.11 Å². The Morgan fingerprint density at radius 2 is 1.19 bits per heavy atom. The van der Waals surface area contributed by atoms with Crippen molar-refractivity contribution >= 4 is 0 Å². The minimum atomic E-state index is -0.500. The van der Waals surface area contributed by atoms with E-state index in [2.05, 4.69) is 62.4 Å². The van der Waals surface area contributed by atoms with E-state index in [4.69, 9.17) is 10.1 Å². The molecule has 1 atom stereocenters. The van der Waals surface area contributed by atoms with Crippen LogP contribution in [0.15, 0.2) is 78.9 Å². The highest BCUT2D eigenvalue weighted by Gasteiger charge is 2.30. The predicted molar refractivity (Wildman–Crippen MR) is 104 cm³/mol. The van der Waals surface area contributed by atoms with Crippen LogP contribution in [-0.4, -0.2) is 17.1 Å². The summed E-state index contributed by atoms with van der Waals surface area (Å²) in [5, 5.41) is 18.4. The SMILES string of the molecule is C[N+](=O)[O-].Cc1ccc(C(C)(c2ccccc2)c2ccc(O)cc2)cc1. The minimum Gasteiger partial charge on any atom is -0.508 e. The summed E-state index contributed by atoms with van der Waals surface area (Å²) < 4.78 is 0. The summed E-state index contributed by atoms with van der Waals surface area (Å²) in [5.41, 5.74) is 4.66. The van der Waals surface area contributed by atoms with Gasteiger partial charge in [0.25, 0.3) is 0 Å². The molecule has 4 heteroatoms. The molecule has 134 valence electrons. The third-order valence-corrected chi connectivity index (χ3v) is 4.42. The van der Waals surface area contributed by atoms with E-state index in [9.17, 15) is 5.11 Å². The number of nitro groups is 1. The van der Waals surface area contributed by atoms with Gasteiger partial charge >= 0.3 is 0 Å². The largest absolute Gasteiger partial charge is 0.508 e. The molecular weight excluding hydrogens is 326 g/mol. The maximum Gasteiger partial charge on any atom is 0.194 e. The van der Waals surface area contributed by atoms with Crippen LogP contribution < -0.4 is 0 Å². The summed E-state index contributed by atoms with van der Waals surface area (Å²) in [5.74, 6) is 0.295. The maximum absolute atomic E-state index is 9.60. The third kappa shape index (κ3) is 4.48. The number of hydrogen-bond acceptors (Lipinski definition) is 3. The Labute approximate surface area is 153 Å². The van der Waals surface area contributed by atoms with Crippen molar-refractivity contribution in [3.63, 3.8) is 0 Å². The highest BCUT2D eigenvalue weighted by molar-refractivity contribution is 5.50. The Morgan fingerprint density at radius 1 is 0.808 bits per heavy atom. The van der Waals surface area contributed by atoms with Gasteiger partial charge in [-0.25, -0.2) is 0 Å². The van der Waals surface area contributed by atoms with Gasteiger partial charge in [-0.15, -0.1) is 0 Å². The van der Waals surface area contributed by atoms with E-state index in [0.29, 0.717) is 5.75 Å². The molecule has 0 aliphatic rings. The van der Waals surface area contributed by atoms with E-state index in [0.717, 1.165) is 7.05 Å². The normalized spacial score (nSPS) is 12.4. The zero-order chi connectivity index (χ0) is 19.2. The van der Waals surface area contributed by atoms with Crippen LogP contribution in [0.5, 0.6) is 5.75 Å². The molecule has 0 aromatic heterocycles. The molecule has 0 bridgehead atoms. The average Bonchev–Trinajstić information content (AvgIpc) is 2.62. The Bertz CT molecular complexity index is 791. The number of aryl methyl sites for hydroxylation is 1. The van der Waals surface area contributed by atoms with Gasteiger partial charge in [0.15, 0.2) is 7.05 Å². The first-order chi connectivity index (χ1) is 12.3. The van der Waals surface area contributed by atoms with Crippen molar-refractivity contribution in [2.24, 2.45) is 0 Å². The smallest absolute Gasteiger partial charge is 0.194 e. The summed E-state index contributed by atoms with van der Waals surface area (Å²) in [7, 11) is 0.889. The molecule has 3 aromatic carbocycles. The zero-order valence-electron chi connectivity index (χ0n) is 15.2. The Balaban J connectivity index is 0.000000552. The molecule has 0 amide bonds. The first kappa shape index (κ1) is 19.2. The molecule has 4 nitrogen and oxygen atoms in total. The van der Waals surface area contributed by atoms with E-state index < -0.39 is 4.92 Å². The van der Waals surface area contributed by atoms with Crippen LogP contribution in [0.2, 0.25) is 0 Å². The summed E-state index contributed by atoms with van der Waals surface area (Å²) in [6.45, 7) is 4.34. The summed E-state index contributed by atoms with van der Waals surface area (Å²) in [6, 6.07) is 26.7. The topological polar surface area (TPSA) is 63.4 Å². The number of phenols is 1. The fraction of sp³-hybridized carbons (Fsp3) is 0.182. The zero-order valence-corrected chi connectivity index (χ0v) is 15.2. The predicted octanol–water partition coefficient (Wildman–Crippen LogP) is 4.95. The van der Waals surface area contributed by atoms with Gasteiger partial charge in [-0.2, -0.15) is 0 Å². The fourth-order valence-corrected chi connectivity index (χ4v) is 2.95. The molecule has 1 N–H and O–H groups in total. The molecule has 0 saturated carbocycles. The van der Waals surface area contributed by atoms with Gasteiger partial charge in [-0.1, -0.05) is 72.3 Å². The highest BCUT2D eigenvalue weighted by Crippen LogP contribution is 2.39. The third-order valence-electron chi connectivity index (χ3n) is 4.42. The quantitative estimate of drug-likeness (QED) is 0.413. The van der Waals surface area contributed by atoms with Crippen LogP contribution >= 0.6 is 0 Å². The van der Waals surface area contributed by atoms with Gasteiger partial charge in [0.2, 0.25) is 0 Å². The van der Waals surface area contributed by atoms with E-state index in [1.165, 1.54) is 22.3 Å². The van der Waals surface area contributed by atoms with E-state index in [1.807, 2.05) is 18.2 Å².